The normalized spacial score (nSPS) is 18.5. The SMILES string of the molecule is CNC1CCCN(Cc2cc(C)nc3ccccc23)C1.Cl.Cl. The number of hydrogen-bond acceptors (Lipinski definition) is 3. The molecular formula is C17H25Cl2N3. The lowest BCUT2D eigenvalue weighted by atomic mass is 10.0. The number of rotatable bonds is 3. The van der Waals surface area contributed by atoms with Crippen LogP contribution in [0.25, 0.3) is 10.9 Å². The quantitative estimate of drug-likeness (QED) is 0.924. The van der Waals surface area contributed by atoms with Crippen LogP contribution in [0.4, 0.5) is 0 Å². The molecule has 1 fully saturated rings. The highest BCUT2D eigenvalue weighted by molar-refractivity contribution is 5.85. The monoisotopic (exact) mass is 341 g/mol. The topological polar surface area (TPSA) is 28.2 Å². The largest absolute Gasteiger partial charge is 0.316 e. The lowest BCUT2D eigenvalue weighted by Gasteiger charge is -2.32. The third-order valence-corrected chi connectivity index (χ3v) is 4.24. The van der Waals surface area contributed by atoms with Crippen molar-refractivity contribution in [2.75, 3.05) is 20.1 Å². The first kappa shape index (κ1) is 19.2. The number of nitrogens with zero attached hydrogens (tertiary/aromatic N) is 2. The van der Waals surface area contributed by atoms with Gasteiger partial charge in [0, 0.05) is 30.2 Å². The molecular weight excluding hydrogens is 317 g/mol. The van der Waals surface area contributed by atoms with E-state index in [4.69, 9.17) is 0 Å². The number of benzene rings is 1. The van der Waals surface area contributed by atoms with Gasteiger partial charge < -0.3 is 5.32 Å². The van der Waals surface area contributed by atoms with Crippen molar-refractivity contribution in [3.63, 3.8) is 0 Å². The zero-order valence-corrected chi connectivity index (χ0v) is 14.8. The molecule has 1 aliphatic heterocycles. The van der Waals surface area contributed by atoms with Crippen molar-refractivity contribution in [1.82, 2.24) is 15.2 Å². The van der Waals surface area contributed by atoms with Gasteiger partial charge >= 0.3 is 0 Å². The van der Waals surface area contributed by atoms with E-state index < -0.39 is 0 Å². The maximum absolute atomic E-state index is 4.63. The Morgan fingerprint density at radius 3 is 2.82 bits per heavy atom. The van der Waals surface area contributed by atoms with E-state index >= 15 is 0 Å². The van der Waals surface area contributed by atoms with Crippen LogP contribution in [-0.2, 0) is 6.54 Å². The Labute approximate surface area is 145 Å². The van der Waals surface area contributed by atoms with Crippen molar-refractivity contribution in [3.05, 3.63) is 41.6 Å². The number of nitrogens with one attached hydrogen (secondary N) is 1. The van der Waals surface area contributed by atoms with E-state index in [1.54, 1.807) is 0 Å². The molecule has 0 amide bonds. The molecule has 3 rings (SSSR count). The third kappa shape index (κ3) is 4.32. The van der Waals surface area contributed by atoms with Crippen molar-refractivity contribution in [2.45, 2.75) is 32.4 Å². The van der Waals surface area contributed by atoms with Gasteiger partial charge in [-0.3, -0.25) is 9.88 Å². The molecule has 0 saturated carbocycles. The average molecular weight is 342 g/mol. The van der Waals surface area contributed by atoms with Crippen molar-refractivity contribution >= 4 is 35.7 Å². The van der Waals surface area contributed by atoms with E-state index in [0.29, 0.717) is 6.04 Å². The van der Waals surface area contributed by atoms with Gasteiger partial charge in [0.15, 0.2) is 0 Å². The third-order valence-electron chi connectivity index (χ3n) is 4.24. The van der Waals surface area contributed by atoms with Gasteiger partial charge in [-0.2, -0.15) is 0 Å². The molecule has 0 bridgehead atoms. The Kier molecular flexibility index (Phi) is 7.57. The molecule has 1 aliphatic rings. The molecule has 122 valence electrons. The molecule has 0 aliphatic carbocycles. The number of para-hydroxylation sites is 1. The number of likely N-dealkylation sites (tertiary alicyclic amines) is 1. The molecule has 3 nitrogen and oxygen atoms in total. The number of likely N-dealkylation sites (N-methyl/N-ethyl adjacent to an activating group) is 1. The maximum atomic E-state index is 4.63. The average Bonchev–Trinajstić information content (AvgIpc) is 2.47. The van der Waals surface area contributed by atoms with Gasteiger partial charge in [-0.1, -0.05) is 18.2 Å². The standard InChI is InChI=1S/C17H23N3.2ClH/c1-13-10-14(16-7-3-4-8-17(16)19-13)11-20-9-5-6-15(12-20)18-2;;/h3-4,7-8,10,15,18H,5-6,9,11-12H2,1-2H3;2*1H. The second-order valence-corrected chi connectivity index (χ2v) is 5.80. The highest BCUT2D eigenvalue weighted by atomic mass is 35.5. The van der Waals surface area contributed by atoms with Gasteiger partial charge in [0.05, 0.1) is 5.52 Å². The van der Waals surface area contributed by atoms with Gasteiger partial charge in [-0.05, 0) is 51.1 Å². The lowest BCUT2D eigenvalue weighted by Crippen LogP contribution is -2.43. The number of halogens is 2. The summed E-state index contributed by atoms with van der Waals surface area (Å²) in [6.07, 6.45) is 2.58. The van der Waals surface area contributed by atoms with Crippen molar-refractivity contribution in [1.29, 1.82) is 0 Å². The molecule has 0 spiro atoms. The second kappa shape index (κ2) is 8.68. The van der Waals surface area contributed by atoms with Crippen LogP contribution in [-0.4, -0.2) is 36.1 Å². The van der Waals surface area contributed by atoms with Gasteiger partial charge in [-0.15, -0.1) is 24.8 Å². The number of piperidine rings is 1. The summed E-state index contributed by atoms with van der Waals surface area (Å²) >= 11 is 0. The minimum absolute atomic E-state index is 0. The van der Waals surface area contributed by atoms with Crippen LogP contribution in [0.15, 0.2) is 30.3 Å². The summed E-state index contributed by atoms with van der Waals surface area (Å²) in [5.41, 5.74) is 3.63. The molecule has 22 heavy (non-hydrogen) atoms. The van der Waals surface area contributed by atoms with Crippen LogP contribution >= 0.6 is 24.8 Å². The number of pyridine rings is 1. The van der Waals surface area contributed by atoms with Gasteiger partial charge in [-0.25, -0.2) is 0 Å². The van der Waals surface area contributed by atoms with Crippen LogP contribution in [0.3, 0.4) is 0 Å². The molecule has 2 heterocycles. The van der Waals surface area contributed by atoms with Crippen molar-refractivity contribution in [3.8, 4) is 0 Å². The highest BCUT2D eigenvalue weighted by Crippen LogP contribution is 2.21. The lowest BCUT2D eigenvalue weighted by molar-refractivity contribution is 0.188. The zero-order chi connectivity index (χ0) is 13.9. The Hall–Kier alpha value is -0.870. The summed E-state index contributed by atoms with van der Waals surface area (Å²) in [5, 5.41) is 4.71. The van der Waals surface area contributed by atoms with E-state index in [9.17, 15) is 0 Å². The van der Waals surface area contributed by atoms with Crippen LogP contribution in [0, 0.1) is 6.92 Å². The minimum Gasteiger partial charge on any atom is -0.316 e. The zero-order valence-electron chi connectivity index (χ0n) is 13.2. The Balaban J connectivity index is 0.00000121. The first-order valence-corrected chi connectivity index (χ1v) is 7.51. The molecule has 1 aromatic heterocycles. The second-order valence-electron chi connectivity index (χ2n) is 5.80. The summed E-state index contributed by atoms with van der Waals surface area (Å²) in [5.74, 6) is 0. The summed E-state index contributed by atoms with van der Waals surface area (Å²) in [6, 6.07) is 11.4. The van der Waals surface area contributed by atoms with Gasteiger partial charge in [0.25, 0.3) is 0 Å². The molecule has 0 radical (unpaired) electrons. The van der Waals surface area contributed by atoms with Crippen LogP contribution in [0.5, 0.6) is 0 Å². The smallest absolute Gasteiger partial charge is 0.0708 e. The Bertz CT molecular complexity index is 603. The van der Waals surface area contributed by atoms with E-state index in [0.717, 1.165) is 24.3 Å². The number of fused-ring (bicyclic) bond motifs is 1. The summed E-state index contributed by atoms with van der Waals surface area (Å²) < 4.78 is 0. The molecule has 2 aromatic rings. The molecule has 1 aromatic carbocycles. The fourth-order valence-electron chi connectivity index (χ4n) is 3.20. The summed E-state index contributed by atoms with van der Waals surface area (Å²) in [6.45, 7) is 5.46. The fourth-order valence-corrected chi connectivity index (χ4v) is 3.20. The van der Waals surface area contributed by atoms with E-state index in [1.807, 2.05) is 0 Å². The van der Waals surface area contributed by atoms with E-state index in [2.05, 4.69) is 59.5 Å². The maximum Gasteiger partial charge on any atom is 0.0708 e. The van der Waals surface area contributed by atoms with Gasteiger partial charge in [0.2, 0.25) is 0 Å². The van der Waals surface area contributed by atoms with Crippen LogP contribution in [0.2, 0.25) is 0 Å². The predicted molar refractivity (Wildman–Crippen MR) is 98.3 cm³/mol. The molecule has 5 heteroatoms. The Morgan fingerprint density at radius 2 is 2.05 bits per heavy atom. The van der Waals surface area contributed by atoms with Crippen LogP contribution in [0.1, 0.15) is 24.1 Å². The molecule has 1 saturated heterocycles. The highest BCUT2D eigenvalue weighted by Gasteiger charge is 2.19. The minimum atomic E-state index is 0. The van der Waals surface area contributed by atoms with Crippen molar-refractivity contribution in [2.24, 2.45) is 0 Å². The fraction of sp³-hybridized carbons (Fsp3) is 0.471. The van der Waals surface area contributed by atoms with Crippen LogP contribution < -0.4 is 5.32 Å². The predicted octanol–water partition coefficient (Wildman–Crippen LogP) is 3.57. The number of aromatic nitrogens is 1. The molecule has 1 atom stereocenters. The number of hydrogen-bond donors (Lipinski definition) is 1. The first-order chi connectivity index (χ1) is 9.76. The van der Waals surface area contributed by atoms with E-state index in [1.165, 1.54) is 30.3 Å². The summed E-state index contributed by atoms with van der Waals surface area (Å²) in [4.78, 5) is 7.19. The molecule has 1 unspecified atom stereocenters. The van der Waals surface area contributed by atoms with Crippen molar-refractivity contribution < 1.29 is 0 Å². The summed E-state index contributed by atoms with van der Waals surface area (Å²) in [7, 11) is 2.07. The van der Waals surface area contributed by atoms with Gasteiger partial charge in [0.1, 0.15) is 0 Å². The number of aryl methyl sites for hydroxylation is 1. The molecule has 1 N–H and O–H groups in total. The van der Waals surface area contributed by atoms with E-state index in [-0.39, 0.29) is 24.8 Å². The Morgan fingerprint density at radius 1 is 1.27 bits per heavy atom. The first-order valence-electron chi connectivity index (χ1n) is 7.51.